The lowest BCUT2D eigenvalue weighted by Gasteiger charge is -2.09. The van der Waals surface area contributed by atoms with Crippen molar-refractivity contribution < 1.29 is 0 Å². The van der Waals surface area contributed by atoms with E-state index in [9.17, 15) is 0 Å². The molecule has 0 saturated carbocycles. The Labute approximate surface area is 157 Å². The van der Waals surface area contributed by atoms with Gasteiger partial charge in [0.05, 0.1) is 18.8 Å². The number of thiophene rings is 1. The lowest BCUT2D eigenvalue weighted by molar-refractivity contribution is 0.785. The monoisotopic (exact) mass is 450 g/mol. The van der Waals surface area contributed by atoms with Gasteiger partial charge in [-0.15, -0.1) is 46.7 Å². The van der Waals surface area contributed by atoms with Crippen LogP contribution in [0.15, 0.2) is 22.5 Å². The van der Waals surface area contributed by atoms with Crippen molar-refractivity contribution in [1.82, 2.24) is 15.6 Å². The Balaban J connectivity index is 0.00000242. The predicted molar refractivity (Wildman–Crippen MR) is 108 cm³/mol. The zero-order valence-electron chi connectivity index (χ0n) is 13.3. The molecule has 4 nitrogen and oxygen atoms in total. The van der Waals surface area contributed by atoms with Crippen LogP contribution in [0.1, 0.15) is 40.2 Å². The molecule has 0 aromatic carbocycles. The van der Waals surface area contributed by atoms with Gasteiger partial charge in [-0.05, 0) is 24.3 Å². The number of halogens is 1. The van der Waals surface area contributed by atoms with E-state index in [-0.39, 0.29) is 24.0 Å². The maximum absolute atomic E-state index is 4.70. The van der Waals surface area contributed by atoms with Gasteiger partial charge in [-0.3, -0.25) is 4.99 Å². The van der Waals surface area contributed by atoms with Gasteiger partial charge in [0.1, 0.15) is 5.01 Å². The van der Waals surface area contributed by atoms with E-state index in [4.69, 9.17) is 4.98 Å². The van der Waals surface area contributed by atoms with Crippen LogP contribution in [0.2, 0.25) is 0 Å². The van der Waals surface area contributed by atoms with E-state index in [2.05, 4.69) is 53.9 Å². The third-order valence-corrected chi connectivity index (χ3v) is 4.93. The van der Waals surface area contributed by atoms with Crippen LogP contribution in [-0.2, 0) is 13.1 Å². The molecule has 0 aliphatic heterocycles. The van der Waals surface area contributed by atoms with Gasteiger partial charge in [-0.2, -0.15) is 0 Å². The third kappa shape index (κ3) is 5.51. The highest BCUT2D eigenvalue weighted by Crippen LogP contribution is 2.23. The lowest BCUT2D eigenvalue weighted by Crippen LogP contribution is -2.36. The number of aliphatic imine (C=N–C) groups is 1. The van der Waals surface area contributed by atoms with Crippen molar-refractivity contribution in [2.45, 2.75) is 39.8 Å². The van der Waals surface area contributed by atoms with Gasteiger partial charge in [0.15, 0.2) is 5.96 Å². The highest BCUT2D eigenvalue weighted by atomic mass is 127. The second-order valence-electron chi connectivity index (χ2n) is 5.06. The smallest absolute Gasteiger partial charge is 0.191 e. The zero-order chi connectivity index (χ0) is 15.2. The SMILES string of the molecule is CN=C(NCc1cccs1)NCc1nc(C(C)C)c(C)s1.I. The highest BCUT2D eigenvalue weighted by Gasteiger charge is 2.11. The van der Waals surface area contributed by atoms with Crippen LogP contribution in [0.5, 0.6) is 0 Å². The van der Waals surface area contributed by atoms with Crippen LogP contribution in [-0.4, -0.2) is 18.0 Å². The number of aromatic nitrogens is 1. The summed E-state index contributed by atoms with van der Waals surface area (Å²) >= 11 is 3.50. The molecule has 0 aliphatic rings. The van der Waals surface area contributed by atoms with Gasteiger partial charge >= 0.3 is 0 Å². The van der Waals surface area contributed by atoms with Crippen LogP contribution in [0.25, 0.3) is 0 Å². The molecule has 2 aromatic heterocycles. The van der Waals surface area contributed by atoms with Crippen molar-refractivity contribution in [3.8, 4) is 0 Å². The number of guanidine groups is 1. The van der Waals surface area contributed by atoms with Gasteiger partial charge < -0.3 is 10.6 Å². The van der Waals surface area contributed by atoms with Crippen LogP contribution in [0.4, 0.5) is 0 Å². The van der Waals surface area contributed by atoms with Crippen molar-refractivity contribution in [2.75, 3.05) is 7.05 Å². The standard InChI is InChI=1S/C15H22N4S2.HI/c1-10(2)14-11(3)21-13(19-14)9-18-15(16-4)17-8-12-6-5-7-20-12;/h5-7,10H,8-9H2,1-4H3,(H2,16,17,18);1H. The molecule has 0 atom stereocenters. The van der Waals surface area contributed by atoms with E-state index in [1.807, 2.05) is 0 Å². The van der Waals surface area contributed by atoms with Gasteiger partial charge in [0, 0.05) is 16.8 Å². The van der Waals surface area contributed by atoms with Crippen LogP contribution >= 0.6 is 46.7 Å². The normalized spacial score (nSPS) is 11.4. The molecule has 2 rings (SSSR count). The molecular formula is C15H23IN4S2. The minimum absolute atomic E-state index is 0. The number of hydrogen-bond acceptors (Lipinski definition) is 4. The molecule has 0 spiro atoms. The second-order valence-corrected chi connectivity index (χ2v) is 7.38. The average molecular weight is 450 g/mol. The molecule has 0 radical (unpaired) electrons. The Morgan fingerprint density at radius 2 is 2.05 bits per heavy atom. The van der Waals surface area contributed by atoms with Gasteiger partial charge in [-0.25, -0.2) is 4.98 Å². The molecule has 2 aromatic rings. The van der Waals surface area contributed by atoms with Gasteiger partial charge in [-0.1, -0.05) is 19.9 Å². The maximum atomic E-state index is 4.70. The second kappa shape index (κ2) is 9.46. The summed E-state index contributed by atoms with van der Waals surface area (Å²) in [5.74, 6) is 1.29. The molecule has 0 unspecified atom stereocenters. The minimum atomic E-state index is 0. The minimum Gasteiger partial charge on any atom is -0.352 e. The molecule has 2 N–H and O–H groups in total. The number of rotatable bonds is 5. The molecule has 7 heteroatoms. The number of nitrogens with one attached hydrogen (secondary N) is 2. The summed E-state index contributed by atoms with van der Waals surface area (Å²) in [4.78, 5) is 11.5. The Bertz CT molecular complexity index is 591. The quantitative estimate of drug-likeness (QED) is 0.410. The fourth-order valence-corrected chi connectivity index (χ4v) is 3.71. The highest BCUT2D eigenvalue weighted by molar-refractivity contribution is 14.0. The van der Waals surface area contributed by atoms with Gasteiger partial charge in [0.2, 0.25) is 0 Å². The summed E-state index contributed by atoms with van der Waals surface area (Å²) in [5.41, 5.74) is 1.21. The van der Waals surface area contributed by atoms with E-state index in [1.165, 1.54) is 15.4 Å². The Morgan fingerprint density at radius 1 is 1.32 bits per heavy atom. The van der Waals surface area contributed by atoms with Crippen molar-refractivity contribution in [3.05, 3.63) is 38.0 Å². The van der Waals surface area contributed by atoms with Crippen molar-refractivity contribution in [2.24, 2.45) is 4.99 Å². The summed E-state index contributed by atoms with van der Waals surface area (Å²) in [5, 5.41) is 9.82. The number of hydrogen-bond donors (Lipinski definition) is 2. The molecular weight excluding hydrogens is 427 g/mol. The van der Waals surface area contributed by atoms with E-state index in [0.29, 0.717) is 12.5 Å². The van der Waals surface area contributed by atoms with E-state index < -0.39 is 0 Å². The molecule has 122 valence electrons. The first-order valence-electron chi connectivity index (χ1n) is 7.03. The van der Waals surface area contributed by atoms with Crippen LogP contribution in [0.3, 0.4) is 0 Å². The first kappa shape index (κ1) is 19.4. The summed E-state index contributed by atoms with van der Waals surface area (Å²) < 4.78 is 0. The average Bonchev–Trinajstić information content (AvgIpc) is 3.08. The summed E-state index contributed by atoms with van der Waals surface area (Å²) in [6.45, 7) is 8.01. The van der Waals surface area contributed by atoms with E-state index >= 15 is 0 Å². The summed E-state index contributed by atoms with van der Waals surface area (Å²) in [6, 6.07) is 4.17. The zero-order valence-corrected chi connectivity index (χ0v) is 17.3. The van der Waals surface area contributed by atoms with E-state index in [1.54, 1.807) is 29.7 Å². The predicted octanol–water partition coefficient (Wildman–Crippen LogP) is 4.12. The summed E-state index contributed by atoms with van der Waals surface area (Å²) in [7, 11) is 1.79. The fourth-order valence-electron chi connectivity index (χ4n) is 2.04. The van der Waals surface area contributed by atoms with Crippen LogP contribution in [0, 0.1) is 6.92 Å². The van der Waals surface area contributed by atoms with Crippen molar-refractivity contribution in [3.63, 3.8) is 0 Å². The van der Waals surface area contributed by atoms with Gasteiger partial charge in [0.25, 0.3) is 0 Å². The van der Waals surface area contributed by atoms with Crippen LogP contribution < -0.4 is 10.6 Å². The molecule has 0 fully saturated rings. The Morgan fingerprint density at radius 3 is 2.59 bits per heavy atom. The maximum Gasteiger partial charge on any atom is 0.191 e. The van der Waals surface area contributed by atoms with Crippen molar-refractivity contribution in [1.29, 1.82) is 0 Å². The fraction of sp³-hybridized carbons (Fsp3) is 0.467. The molecule has 0 aliphatic carbocycles. The molecule has 2 heterocycles. The number of aryl methyl sites for hydroxylation is 1. The Hall–Kier alpha value is -0.670. The first-order chi connectivity index (χ1) is 10.1. The topological polar surface area (TPSA) is 49.3 Å². The summed E-state index contributed by atoms with van der Waals surface area (Å²) in [6.07, 6.45) is 0. The number of nitrogens with zero attached hydrogens (tertiary/aromatic N) is 2. The van der Waals surface area contributed by atoms with E-state index in [0.717, 1.165) is 17.5 Å². The third-order valence-electron chi connectivity index (χ3n) is 3.06. The molecule has 0 bridgehead atoms. The Kier molecular flexibility index (Phi) is 8.34. The largest absolute Gasteiger partial charge is 0.352 e. The number of thiazole rings is 1. The van der Waals surface area contributed by atoms with Crippen molar-refractivity contribution >= 4 is 52.6 Å². The molecule has 22 heavy (non-hydrogen) atoms. The molecule has 0 amide bonds. The lowest BCUT2D eigenvalue weighted by atomic mass is 10.1. The molecule has 0 saturated heterocycles. The first-order valence-corrected chi connectivity index (χ1v) is 8.73.